The minimum absolute atomic E-state index is 0.00134. The van der Waals surface area contributed by atoms with Crippen molar-refractivity contribution < 1.29 is 24.2 Å². The van der Waals surface area contributed by atoms with Gasteiger partial charge in [-0.2, -0.15) is 4.98 Å². The molecule has 3 atom stereocenters. The van der Waals surface area contributed by atoms with Crippen LogP contribution in [0, 0.1) is 10.8 Å². The molecule has 1 saturated carbocycles. The number of anilines is 1. The number of hydrogen-bond acceptors (Lipinski definition) is 9. The van der Waals surface area contributed by atoms with Crippen LogP contribution in [0.5, 0.6) is 5.88 Å². The molecule has 2 N–H and O–H groups in total. The van der Waals surface area contributed by atoms with Gasteiger partial charge in [-0.25, -0.2) is 9.78 Å². The average molecular weight is 498 g/mol. The molecule has 1 aromatic rings. The zero-order chi connectivity index (χ0) is 25.4. The molecule has 10 heteroatoms. The second-order valence-electron chi connectivity index (χ2n) is 10.4. The predicted molar refractivity (Wildman–Crippen MR) is 133 cm³/mol. The minimum atomic E-state index is -0.893. The van der Waals surface area contributed by atoms with Crippen molar-refractivity contribution in [1.29, 1.82) is 5.41 Å². The molecule has 4 aliphatic rings. The molecule has 1 aromatic heterocycles. The lowest BCUT2D eigenvalue weighted by Crippen LogP contribution is -2.40. The van der Waals surface area contributed by atoms with Crippen LogP contribution in [0.1, 0.15) is 70.5 Å². The summed E-state index contributed by atoms with van der Waals surface area (Å²) in [6.07, 6.45) is 6.03. The van der Waals surface area contributed by atoms with Crippen LogP contribution < -0.4 is 9.64 Å². The smallest absolute Gasteiger partial charge is 0.415 e. The Morgan fingerprint density at radius 2 is 2.00 bits per heavy atom. The fourth-order valence-corrected chi connectivity index (χ4v) is 6.20. The van der Waals surface area contributed by atoms with Gasteiger partial charge in [0.15, 0.2) is 5.82 Å². The molecule has 0 radical (unpaired) electrons. The summed E-state index contributed by atoms with van der Waals surface area (Å²) in [5.41, 5.74) is -0.517. The quantitative estimate of drug-likeness (QED) is 0.568. The number of cyclic esters (lactones) is 1. The number of carbonyl (C=O) groups excluding carboxylic acids is 2. The lowest BCUT2D eigenvalue weighted by atomic mass is 9.64. The SMILES string of the molecule is C[C@H](Oc1cc(N2CCOC2=O)nc(C(=N)C2=C(O)[C@]3(CCCCC3=O)CCC2)n1)[C@@H]1CCCN1C. The van der Waals surface area contributed by atoms with E-state index >= 15 is 0 Å². The highest BCUT2D eigenvalue weighted by Gasteiger charge is 2.47. The van der Waals surface area contributed by atoms with E-state index in [0.29, 0.717) is 50.0 Å². The first-order chi connectivity index (χ1) is 17.3. The Kier molecular flexibility index (Phi) is 6.72. The zero-order valence-electron chi connectivity index (χ0n) is 21.1. The fraction of sp³-hybridized carbons (Fsp3) is 0.654. The number of hydrogen-bond donors (Lipinski definition) is 2. The van der Waals surface area contributed by atoms with Gasteiger partial charge in [-0.1, -0.05) is 6.42 Å². The maximum atomic E-state index is 12.9. The molecule has 5 rings (SSSR count). The van der Waals surface area contributed by atoms with Crippen molar-refractivity contribution in [3.8, 4) is 5.88 Å². The van der Waals surface area contributed by atoms with Gasteiger partial charge < -0.3 is 14.6 Å². The Morgan fingerprint density at radius 3 is 2.69 bits per heavy atom. The fourth-order valence-electron chi connectivity index (χ4n) is 6.20. The van der Waals surface area contributed by atoms with Crippen molar-refractivity contribution >= 4 is 23.4 Å². The number of allylic oxidation sites excluding steroid dienone is 2. The number of aliphatic hydroxyl groups excluding tert-OH is 1. The Labute approximate surface area is 211 Å². The maximum absolute atomic E-state index is 12.9. The van der Waals surface area contributed by atoms with Crippen LogP contribution in [0.25, 0.3) is 0 Å². The van der Waals surface area contributed by atoms with Gasteiger partial charge in [-0.05, 0) is 65.5 Å². The Morgan fingerprint density at radius 1 is 1.19 bits per heavy atom. The molecule has 3 fully saturated rings. The van der Waals surface area contributed by atoms with Gasteiger partial charge in [0.2, 0.25) is 5.88 Å². The molecule has 1 spiro atoms. The number of nitrogens with one attached hydrogen (secondary N) is 1. The van der Waals surface area contributed by atoms with Crippen LogP contribution in [0.4, 0.5) is 10.6 Å². The number of Topliss-reactive ketones (excluding diaryl/α,β-unsaturated/α-hetero) is 1. The van der Waals surface area contributed by atoms with Gasteiger partial charge in [-0.3, -0.25) is 20.0 Å². The summed E-state index contributed by atoms with van der Waals surface area (Å²) < 4.78 is 11.3. The van der Waals surface area contributed by atoms with E-state index in [0.717, 1.165) is 32.2 Å². The van der Waals surface area contributed by atoms with Crippen LogP contribution in [0.3, 0.4) is 0 Å². The van der Waals surface area contributed by atoms with E-state index in [1.54, 1.807) is 6.07 Å². The Hall–Kier alpha value is -3.01. The number of ether oxygens (including phenoxy) is 2. The molecular formula is C26H35N5O5. The lowest BCUT2D eigenvalue weighted by molar-refractivity contribution is -0.131. The van der Waals surface area contributed by atoms with Crippen molar-refractivity contribution in [2.45, 2.75) is 76.9 Å². The third-order valence-corrected chi connectivity index (χ3v) is 8.24. The van der Waals surface area contributed by atoms with Crippen molar-refractivity contribution in [2.24, 2.45) is 5.41 Å². The summed E-state index contributed by atoms with van der Waals surface area (Å²) in [5, 5.41) is 20.3. The standard InChI is InChI=1S/C26H35N5O5/c1-16(18-8-6-12-30(18)2)36-21-15-20(31-13-14-35-25(31)34)28-24(29-21)22(27)17-7-5-11-26(23(17)33)10-4-3-9-19(26)32/h15-16,18,27,33H,3-14H2,1-2H3/t16-,18-,26+/m0/s1. The van der Waals surface area contributed by atoms with Gasteiger partial charge in [0, 0.05) is 24.1 Å². The number of ketones is 1. The van der Waals surface area contributed by atoms with Crippen molar-refractivity contribution in [2.75, 3.05) is 31.6 Å². The highest BCUT2D eigenvalue weighted by atomic mass is 16.6. The normalized spacial score (nSPS) is 28.1. The second kappa shape index (κ2) is 9.80. The Bertz CT molecular complexity index is 1100. The molecule has 10 nitrogen and oxygen atoms in total. The molecule has 194 valence electrons. The summed E-state index contributed by atoms with van der Waals surface area (Å²) in [5.74, 6) is 0.696. The Balaban J connectivity index is 1.50. The summed E-state index contributed by atoms with van der Waals surface area (Å²) in [7, 11) is 2.07. The summed E-state index contributed by atoms with van der Waals surface area (Å²) in [6, 6.07) is 1.85. The first-order valence-corrected chi connectivity index (χ1v) is 13.1. The molecule has 2 aliphatic carbocycles. The molecule has 3 heterocycles. The third-order valence-electron chi connectivity index (χ3n) is 8.24. The number of nitrogens with zero attached hydrogens (tertiary/aromatic N) is 4. The molecule has 2 aliphatic heterocycles. The molecular weight excluding hydrogens is 462 g/mol. The van der Waals surface area contributed by atoms with Crippen LogP contribution in [0.15, 0.2) is 17.4 Å². The molecule has 0 unspecified atom stereocenters. The number of aliphatic hydroxyl groups is 1. The van der Waals surface area contributed by atoms with E-state index in [2.05, 4.69) is 21.9 Å². The number of aromatic nitrogens is 2. The molecule has 1 amide bonds. The summed E-state index contributed by atoms with van der Waals surface area (Å²) in [6.45, 7) is 3.61. The van der Waals surface area contributed by atoms with Crippen LogP contribution in [-0.4, -0.2) is 76.5 Å². The number of carbonyl (C=O) groups is 2. The van der Waals surface area contributed by atoms with E-state index in [1.807, 2.05) is 6.92 Å². The molecule has 36 heavy (non-hydrogen) atoms. The summed E-state index contributed by atoms with van der Waals surface area (Å²) in [4.78, 5) is 37.9. The van der Waals surface area contributed by atoms with E-state index in [4.69, 9.17) is 14.9 Å². The summed E-state index contributed by atoms with van der Waals surface area (Å²) >= 11 is 0. The highest BCUT2D eigenvalue weighted by molar-refractivity contribution is 6.09. The lowest BCUT2D eigenvalue weighted by Gasteiger charge is -2.39. The number of rotatable bonds is 6. The van der Waals surface area contributed by atoms with Crippen molar-refractivity contribution in [1.82, 2.24) is 14.9 Å². The van der Waals surface area contributed by atoms with E-state index < -0.39 is 11.5 Å². The number of likely N-dealkylation sites (N-methyl/N-ethyl adjacent to an activating group) is 1. The largest absolute Gasteiger partial charge is 0.511 e. The van der Waals surface area contributed by atoms with Crippen LogP contribution >= 0.6 is 0 Å². The van der Waals surface area contributed by atoms with Crippen LogP contribution in [-0.2, 0) is 9.53 Å². The van der Waals surface area contributed by atoms with Crippen molar-refractivity contribution in [3.05, 3.63) is 23.2 Å². The number of likely N-dealkylation sites (tertiary alicyclic amines) is 1. The molecule has 0 aromatic carbocycles. The third kappa shape index (κ3) is 4.36. The van der Waals surface area contributed by atoms with Gasteiger partial charge in [0.25, 0.3) is 0 Å². The first kappa shape index (κ1) is 24.7. The van der Waals surface area contributed by atoms with Gasteiger partial charge >= 0.3 is 6.09 Å². The van der Waals surface area contributed by atoms with Gasteiger partial charge in [0.1, 0.15) is 35.8 Å². The van der Waals surface area contributed by atoms with Gasteiger partial charge in [0.05, 0.1) is 12.0 Å². The van der Waals surface area contributed by atoms with Crippen LogP contribution in [0.2, 0.25) is 0 Å². The van der Waals surface area contributed by atoms with Gasteiger partial charge in [-0.15, -0.1) is 0 Å². The zero-order valence-corrected chi connectivity index (χ0v) is 21.1. The molecule has 0 bridgehead atoms. The average Bonchev–Trinajstić information content (AvgIpc) is 3.49. The van der Waals surface area contributed by atoms with E-state index in [1.165, 1.54) is 4.90 Å². The molecule has 2 saturated heterocycles. The second-order valence-corrected chi connectivity index (χ2v) is 10.4. The highest BCUT2D eigenvalue weighted by Crippen LogP contribution is 2.48. The predicted octanol–water partition coefficient (Wildman–Crippen LogP) is 3.79. The minimum Gasteiger partial charge on any atom is -0.511 e. The topological polar surface area (TPSA) is 129 Å². The van der Waals surface area contributed by atoms with Crippen molar-refractivity contribution in [3.63, 3.8) is 0 Å². The maximum Gasteiger partial charge on any atom is 0.415 e. The monoisotopic (exact) mass is 497 g/mol. The van der Waals surface area contributed by atoms with E-state index in [9.17, 15) is 14.7 Å². The van der Waals surface area contributed by atoms with E-state index in [-0.39, 0.29) is 47.7 Å². The first-order valence-electron chi connectivity index (χ1n) is 13.1. The number of amides is 1.